The van der Waals surface area contributed by atoms with E-state index in [-0.39, 0.29) is 17.7 Å². The molecule has 1 saturated heterocycles. The van der Waals surface area contributed by atoms with Crippen LogP contribution in [0.1, 0.15) is 23.2 Å². The zero-order valence-corrected chi connectivity index (χ0v) is 17.0. The number of amides is 2. The number of carbonyl (C=O) groups excluding carboxylic acids is 2. The Morgan fingerprint density at radius 2 is 1.93 bits per heavy atom. The number of aromatic nitrogens is 1. The van der Waals surface area contributed by atoms with E-state index in [9.17, 15) is 9.59 Å². The maximum absolute atomic E-state index is 12.7. The van der Waals surface area contributed by atoms with Crippen LogP contribution in [0.15, 0.2) is 59.7 Å². The number of halogens is 1. The summed E-state index contributed by atoms with van der Waals surface area (Å²) in [6, 6.07) is 10.7. The van der Waals surface area contributed by atoms with Gasteiger partial charge in [0.05, 0.1) is 0 Å². The quantitative estimate of drug-likeness (QED) is 0.687. The smallest absolute Gasteiger partial charge is 0.253 e. The van der Waals surface area contributed by atoms with Crippen molar-refractivity contribution in [2.75, 3.05) is 25.0 Å². The molecule has 28 heavy (non-hydrogen) atoms. The molecule has 6 nitrogen and oxygen atoms in total. The molecular weight excluding hydrogens is 422 g/mol. The molecule has 0 atom stereocenters. The lowest BCUT2D eigenvalue weighted by Gasteiger charge is -2.31. The average molecular weight is 444 g/mol. The third kappa shape index (κ3) is 5.19. The molecule has 0 aliphatic carbocycles. The summed E-state index contributed by atoms with van der Waals surface area (Å²) in [6.07, 6.45) is 4.58. The molecule has 146 valence electrons. The topological polar surface area (TPSA) is 71.5 Å². The third-order valence-corrected chi connectivity index (χ3v) is 5.07. The Hall–Kier alpha value is -2.67. The number of ether oxygens (including phenoxy) is 1. The van der Waals surface area contributed by atoms with E-state index in [1.807, 2.05) is 6.07 Å². The first kappa shape index (κ1) is 20.1. The van der Waals surface area contributed by atoms with Gasteiger partial charge < -0.3 is 15.0 Å². The lowest BCUT2D eigenvalue weighted by molar-refractivity contribution is -0.121. The van der Waals surface area contributed by atoms with Crippen LogP contribution in [0.3, 0.4) is 0 Å². The standard InChI is InChI=1S/C21H22BrN3O3/c1-2-13-28-18-6-3-16(4-7-18)21(27)25-11-9-15(10-12-25)20(26)24-19-8-5-17(22)14-23-19/h2-8,14-15H,1,9-13H2,(H,23,24,26). The SMILES string of the molecule is C=CCOc1ccc(C(=O)N2CCC(C(=O)Nc3ccc(Br)cn3)CC2)cc1. The minimum absolute atomic E-state index is 0.0243. The Balaban J connectivity index is 1.51. The van der Waals surface area contributed by atoms with Crippen LogP contribution < -0.4 is 10.1 Å². The molecule has 1 aliphatic heterocycles. The Labute approximate surface area is 172 Å². The van der Waals surface area contributed by atoms with Crippen molar-refractivity contribution < 1.29 is 14.3 Å². The van der Waals surface area contributed by atoms with Gasteiger partial charge in [-0.25, -0.2) is 4.98 Å². The van der Waals surface area contributed by atoms with Gasteiger partial charge in [0.15, 0.2) is 0 Å². The Morgan fingerprint density at radius 1 is 1.21 bits per heavy atom. The zero-order valence-electron chi connectivity index (χ0n) is 15.4. The molecular formula is C21H22BrN3O3. The monoisotopic (exact) mass is 443 g/mol. The van der Waals surface area contributed by atoms with Gasteiger partial charge in [0, 0.05) is 35.2 Å². The van der Waals surface area contributed by atoms with Crippen molar-refractivity contribution in [2.45, 2.75) is 12.8 Å². The van der Waals surface area contributed by atoms with Gasteiger partial charge in [0.1, 0.15) is 18.2 Å². The van der Waals surface area contributed by atoms with E-state index in [0.29, 0.717) is 49.7 Å². The second-order valence-corrected chi connectivity index (χ2v) is 7.46. The number of nitrogens with zero attached hydrogens (tertiary/aromatic N) is 2. The highest BCUT2D eigenvalue weighted by atomic mass is 79.9. The number of likely N-dealkylation sites (tertiary alicyclic amines) is 1. The predicted molar refractivity (Wildman–Crippen MR) is 111 cm³/mol. The molecule has 0 bridgehead atoms. The fraction of sp³-hybridized carbons (Fsp3) is 0.286. The normalized spacial score (nSPS) is 14.4. The molecule has 0 spiro atoms. The van der Waals surface area contributed by atoms with E-state index in [1.165, 1.54) is 0 Å². The van der Waals surface area contributed by atoms with Crippen LogP contribution >= 0.6 is 15.9 Å². The Morgan fingerprint density at radius 3 is 2.54 bits per heavy atom. The zero-order chi connectivity index (χ0) is 19.9. The number of carbonyl (C=O) groups is 2. The van der Waals surface area contributed by atoms with E-state index in [1.54, 1.807) is 47.5 Å². The van der Waals surface area contributed by atoms with E-state index >= 15 is 0 Å². The number of anilines is 1. The maximum atomic E-state index is 12.7. The van der Waals surface area contributed by atoms with E-state index in [4.69, 9.17) is 4.74 Å². The van der Waals surface area contributed by atoms with Gasteiger partial charge in [0.2, 0.25) is 5.91 Å². The van der Waals surface area contributed by atoms with Gasteiger partial charge in [-0.2, -0.15) is 0 Å². The van der Waals surface area contributed by atoms with Crippen molar-refractivity contribution in [1.29, 1.82) is 0 Å². The van der Waals surface area contributed by atoms with Crippen LogP contribution in [0.25, 0.3) is 0 Å². The molecule has 0 radical (unpaired) electrons. The molecule has 1 aliphatic rings. The summed E-state index contributed by atoms with van der Waals surface area (Å²) in [6.45, 7) is 5.15. The summed E-state index contributed by atoms with van der Waals surface area (Å²) >= 11 is 3.32. The van der Waals surface area contributed by atoms with Gasteiger partial charge in [0.25, 0.3) is 5.91 Å². The number of benzene rings is 1. The van der Waals surface area contributed by atoms with E-state index < -0.39 is 0 Å². The second kappa shape index (κ2) is 9.50. The molecule has 1 fully saturated rings. The third-order valence-electron chi connectivity index (χ3n) is 4.60. The summed E-state index contributed by atoms with van der Waals surface area (Å²) < 4.78 is 6.29. The lowest BCUT2D eigenvalue weighted by atomic mass is 9.95. The molecule has 0 saturated carbocycles. The highest BCUT2D eigenvalue weighted by Gasteiger charge is 2.28. The van der Waals surface area contributed by atoms with E-state index in [0.717, 1.165) is 4.47 Å². The summed E-state index contributed by atoms with van der Waals surface area (Å²) in [5, 5.41) is 2.84. The highest BCUT2D eigenvalue weighted by Crippen LogP contribution is 2.22. The molecule has 7 heteroatoms. The minimum atomic E-state index is -0.121. The summed E-state index contributed by atoms with van der Waals surface area (Å²) in [5.74, 6) is 1.04. The molecule has 2 aromatic rings. The number of nitrogens with one attached hydrogen (secondary N) is 1. The Bertz CT molecular complexity index is 829. The van der Waals surface area contributed by atoms with Crippen LogP contribution in [0.4, 0.5) is 5.82 Å². The Kier molecular flexibility index (Phi) is 6.81. The predicted octanol–water partition coefficient (Wildman–Crippen LogP) is 3.90. The van der Waals surface area contributed by atoms with Gasteiger partial charge in [-0.3, -0.25) is 9.59 Å². The number of hydrogen-bond donors (Lipinski definition) is 1. The highest BCUT2D eigenvalue weighted by molar-refractivity contribution is 9.10. The van der Waals surface area contributed by atoms with Gasteiger partial charge >= 0.3 is 0 Å². The summed E-state index contributed by atoms with van der Waals surface area (Å²) in [7, 11) is 0. The molecule has 1 N–H and O–H groups in total. The van der Waals surface area contributed by atoms with Crippen molar-refractivity contribution >= 4 is 33.6 Å². The minimum Gasteiger partial charge on any atom is -0.490 e. The second-order valence-electron chi connectivity index (χ2n) is 6.54. The van der Waals surface area contributed by atoms with Crippen LogP contribution in [0.5, 0.6) is 5.75 Å². The largest absolute Gasteiger partial charge is 0.490 e. The van der Waals surface area contributed by atoms with Crippen molar-refractivity contribution in [1.82, 2.24) is 9.88 Å². The van der Waals surface area contributed by atoms with E-state index in [2.05, 4.69) is 32.8 Å². The molecule has 0 unspecified atom stereocenters. The number of rotatable bonds is 6. The summed E-state index contributed by atoms with van der Waals surface area (Å²) in [4.78, 5) is 31.1. The van der Waals surface area contributed by atoms with Crippen molar-refractivity contribution in [3.63, 3.8) is 0 Å². The van der Waals surface area contributed by atoms with Crippen LogP contribution in [0.2, 0.25) is 0 Å². The molecule has 2 heterocycles. The fourth-order valence-corrected chi connectivity index (χ4v) is 3.29. The average Bonchev–Trinajstić information content (AvgIpc) is 2.74. The first-order chi connectivity index (χ1) is 13.6. The first-order valence-electron chi connectivity index (χ1n) is 9.12. The molecule has 3 rings (SSSR count). The first-order valence-corrected chi connectivity index (χ1v) is 9.91. The van der Waals surface area contributed by atoms with Crippen molar-refractivity contribution in [2.24, 2.45) is 5.92 Å². The van der Waals surface area contributed by atoms with Crippen molar-refractivity contribution in [3.05, 3.63) is 65.3 Å². The van der Waals surface area contributed by atoms with Crippen LogP contribution in [-0.2, 0) is 4.79 Å². The number of pyridine rings is 1. The number of hydrogen-bond acceptors (Lipinski definition) is 4. The maximum Gasteiger partial charge on any atom is 0.253 e. The van der Waals surface area contributed by atoms with Crippen molar-refractivity contribution in [3.8, 4) is 5.75 Å². The van der Waals surface area contributed by atoms with Crippen LogP contribution in [-0.4, -0.2) is 41.4 Å². The summed E-state index contributed by atoms with van der Waals surface area (Å²) in [5.41, 5.74) is 0.618. The molecule has 1 aromatic carbocycles. The fourth-order valence-electron chi connectivity index (χ4n) is 3.05. The lowest BCUT2D eigenvalue weighted by Crippen LogP contribution is -2.41. The van der Waals surface area contributed by atoms with Gasteiger partial charge in [-0.05, 0) is 65.2 Å². The molecule has 1 aromatic heterocycles. The van der Waals surface area contributed by atoms with Crippen LogP contribution in [0, 0.1) is 5.92 Å². The van der Waals surface area contributed by atoms with Gasteiger partial charge in [-0.1, -0.05) is 12.7 Å². The number of piperidine rings is 1. The van der Waals surface area contributed by atoms with Gasteiger partial charge in [-0.15, -0.1) is 0 Å². The molecule has 2 amide bonds.